The highest BCUT2D eigenvalue weighted by molar-refractivity contribution is 5.79. The van der Waals surface area contributed by atoms with Crippen molar-refractivity contribution in [1.29, 1.82) is 0 Å². The second-order valence-electron chi connectivity index (χ2n) is 8.89. The molecule has 0 unspecified atom stereocenters. The lowest BCUT2D eigenvalue weighted by atomic mass is 9.93. The van der Waals surface area contributed by atoms with E-state index in [0.717, 1.165) is 77.9 Å². The van der Waals surface area contributed by atoms with Gasteiger partial charge < -0.3 is 14.7 Å². The lowest BCUT2D eigenvalue weighted by Gasteiger charge is -2.42. The summed E-state index contributed by atoms with van der Waals surface area (Å²) in [6.45, 7) is 6.71. The van der Waals surface area contributed by atoms with Crippen molar-refractivity contribution in [3.05, 3.63) is 0 Å². The number of hydrogen-bond donors (Lipinski definition) is 0. The second kappa shape index (κ2) is 9.87. The maximum Gasteiger partial charge on any atom is 0.226 e. The SMILES string of the molecule is CN(C)CCCC(=O)N1CCC(N2CCC[C@H](C(=O)N3CCCC3)C2)CC1. The van der Waals surface area contributed by atoms with Crippen molar-refractivity contribution in [2.24, 2.45) is 5.92 Å². The minimum atomic E-state index is 0.197. The molecule has 3 heterocycles. The number of nitrogens with zero attached hydrogens (tertiary/aromatic N) is 4. The van der Waals surface area contributed by atoms with Gasteiger partial charge in [0.1, 0.15) is 0 Å². The Bertz CT molecular complexity index is 496. The quantitative estimate of drug-likeness (QED) is 0.705. The topological polar surface area (TPSA) is 47.1 Å². The lowest BCUT2D eigenvalue weighted by molar-refractivity contribution is -0.136. The Balaban J connectivity index is 1.42. The molecule has 0 N–H and O–H groups in total. The maximum absolute atomic E-state index is 12.8. The van der Waals surface area contributed by atoms with Crippen molar-refractivity contribution >= 4 is 11.8 Å². The van der Waals surface area contributed by atoms with Crippen molar-refractivity contribution < 1.29 is 9.59 Å². The summed E-state index contributed by atoms with van der Waals surface area (Å²) in [7, 11) is 4.10. The fraction of sp³-hybridized carbons (Fsp3) is 0.905. The summed E-state index contributed by atoms with van der Waals surface area (Å²) < 4.78 is 0. The van der Waals surface area contributed by atoms with Gasteiger partial charge in [-0.25, -0.2) is 0 Å². The van der Waals surface area contributed by atoms with Crippen LogP contribution in [0.2, 0.25) is 0 Å². The first-order chi connectivity index (χ1) is 13.0. The molecule has 0 spiro atoms. The van der Waals surface area contributed by atoms with Gasteiger partial charge in [-0.05, 0) is 72.1 Å². The van der Waals surface area contributed by atoms with E-state index < -0.39 is 0 Å². The molecule has 0 bridgehead atoms. The second-order valence-corrected chi connectivity index (χ2v) is 8.89. The number of carbonyl (C=O) groups excluding carboxylic acids is 2. The van der Waals surface area contributed by atoms with Crippen LogP contribution in [0.4, 0.5) is 0 Å². The number of piperidine rings is 2. The predicted molar refractivity (Wildman–Crippen MR) is 108 cm³/mol. The molecule has 3 aliphatic heterocycles. The van der Waals surface area contributed by atoms with Crippen LogP contribution >= 0.6 is 0 Å². The van der Waals surface area contributed by atoms with Crippen molar-refractivity contribution in [3.63, 3.8) is 0 Å². The molecule has 3 fully saturated rings. The minimum Gasteiger partial charge on any atom is -0.343 e. The number of amides is 2. The van der Waals surface area contributed by atoms with Crippen molar-refractivity contribution in [1.82, 2.24) is 19.6 Å². The molecule has 3 saturated heterocycles. The van der Waals surface area contributed by atoms with Crippen LogP contribution in [0, 0.1) is 5.92 Å². The van der Waals surface area contributed by atoms with Gasteiger partial charge in [0.15, 0.2) is 0 Å². The number of likely N-dealkylation sites (tertiary alicyclic amines) is 3. The van der Waals surface area contributed by atoms with E-state index in [1.165, 1.54) is 12.8 Å². The van der Waals surface area contributed by atoms with Gasteiger partial charge in [0, 0.05) is 45.2 Å². The molecule has 6 heteroatoms. The summed E-state index contributed by atoms with van der Waals surface area (Å²) in [5, 5.41) is 0. The van der Waals surface area contributed by atoms with E-state index in [9.17, 15) is 9.59 Å². The highest BCUT2D eigenvalue weighted by atomic mass is 16.2. The molecular formula is C21H38N4O2. The number of hydrogen-bond acceptors (Lipinski definition) is 4. The molecule has 0 radical (unpaired) electrons. The summed E-state index contributed by atoms with van der Waals surface area (Å²) in [6.07, 6.45) is 8.25. The van der Waals surface area contributed by atoms with Crippen LogP contribution in [0.25, 0.3) is 0 Å². The van der Waals surface area contributed by atoms with Crippen LogP contribution in [0.3, 0.4) is 0 Å². The molecule has 0 saturated carbocycles. The molecule has 0 aromatic rings. The third-order valence-corrected chi connectivity index (χ3v) is 6.55. The molecule has 3 rings (SSSR count). The van der Waals surface area contributed by atoms with Crippen LogP contribution < -0.4 is 0 Å². The molecule has 154 valence electrons. The first-order valence-corrected chi connectivity index (χ1v) is 11.0. The molecule has 6 nitrogen and oxygen atoms in total. The predicted octanol–water partition coefficient (Wildman–Crippen LogP) is 1.65. The Morgan fingerprint density at radius 3 is 2.26 bits per heavy atom. The zero-order valence-electron chi connectivity index (χ0n) is 17.4. The standard InChI is InChI=1S/C21H38N4O2/c1-22(2)11-6-8-20(26)23-15-9-19(10-16-23)25-14-5-7-18(17-25)21(27)24-12-3-4-13-24/h18-19H,3-17H2,1-2H3/t18-/m0/s1. The van der Waals surface area contributed by atoms with E-state index >= 15 is 0 Å². The van der Waals surface area contributed by atoms with E-state index in [-0.39, 0.29) is 5.92 Å². The van der Waals surface area contributed by atoms with Gasteiger partial charge in [0.25, 0.3) is 0 Å². The first-order valence-electron chi connectivity index (χ1n) is 11.0. The van der Waals surface area contributed by atoms with Gasteiger partial charge in [-0.2, -0.15) is 0 Å². The van der Waals surface area contributed by atoms with Gasteiger partial charge >= 0.3 is 0 Å². The van der Waals surface area contributed by atoms with E-state index in [2.05, 4.69) is 33.7 Å². The van der Waals surface area contributed by atoms with Gasteiger partial charge in [-0.3, -0.25) is 14.5 Å². The Morgan fingerprint density at radius 1 is 0.889 bits per heavy atom. The zero-order chi connectivity index (χ0) is 19.2. The fourth-order valence-corrected chi connectivity index (χ4v) is 4.92. The van der Waals surface area contributed by atoms with E-state index in [1.54, 1.807) is 0 Å². The van der Waals surface area contributed by atoms with Crippen LogP contribution in [-0.4, -0.2) is 97.4 Å². The summed E-state index contributed by atoms with van der Waals surface area (Å²) in [5.41, 5.74) is 0. The molecule has 27 heavy (non-hydrogen) atoms. The Morgan fingerprint density at radius 2 is 1.59 bits per heavy atom. The Hall–Kier alpha value is -1.14. The molecule has 2 amide bonds. The Kier molecular flexibility index (Phi) is 7.53. The average Bonchev–Trinajstić information content (AvgIpc) is 3.22. The molecule has 3 aliphatic rings. The molecule has 0 aromatic carbocycles. The zero-order valence-corrected chi connectivity index (χ0v) is 17.4. The summed E-state index contributed by atoms with van der Waals surface area (Å²) >= 11 is 0. The maximum atomic E-state index is 12.8. The normalized spacial score (nSPS) is 25.4. The van der Waals surface area contributed by atoms with Crippen molar-refractivity contribution in [3.8, 4) is 0 Å². The molecule has 0 aromatic heterocycles. The lowest BCUT2D eigenvalue weighted by Crippen LogP contribution is -2.51. The third kappa shape index (κ3) is 5.67. The van der Waals surface area contributed by atoms with Crippen LogP contribution in [0.1, 0.15) is 51.4 Å². The molecular weight excluding hydrogens is 340 g/mol. The van der Waals surface area contributed by atoms with Crippen LogP contribution in [-0.2, 0) is 9.59 Å². The van der Waals surface area contributed by atoms with Crippen molar-refractivity contribution in [2.45, 2.75) is 57.4 Å². The van der Waals surface area contributed by atoms with E-state index in [4.69, 9.17) is 0 Å². The summed E-state index contributed by atoms with van der Waals surface area (Å²) in [4.78, 5) is 34.0. The highest BCUT2D eigenvalue weighted by Crippen LogP contribution is 2.26. The first kappa shape index (κ1) is 20.6. The molecule has 0 aliphatic carbocycles. The van der Waals surface area contributed by atoms with Gasteiger partial charge in [0.2, 0.25) is 11.8 Å². The summed E-state index contributed by atoms with van der Waals surface area (Å²) in [5.74, 6) is 0.907. The van der Waals surface area contributed by atoms with E-state index in [0.29, 0.717) is 24.3 Å². The number of carbonyl (C=O) groups is 2. The van der Waals surface area contributed by atoms with Crippen molar-refractivity contribution in [2.75, 3.05) is 59.9 Å². The average molecular weight is 379 g/mol. The number of rotatable bonds is 6. The van der Waals surface area contributed by atoms with Gasteiger partial charge in [0.05, 0.1) is 5.92 Å². The summed E-state index contributed by atoms with van der Waals surface area (Å²) in [6, 6.07) is 0.546. The van der Waals surface area contributed by atoms with E-state index in [1.807, 2.05) is 0 Å². The van der Waals surface area contributed by atoms with Crippen LogP contribution in [0.15, 0.2) is 0 Å². The smallest absolute Gasteiger partial charge is 0.226 e. The molecule has 1 atom stereocenters. The van der Waals surface area contributed by atoms with Gasteiger partial charge in [-0.15, -0.1) is 0 Å². The van der Waals surface area contributed by atoms with Gasteiger partial charge in [-0.1, -0.05) is 0 Å². The minimum absolute atomic E-state index is 0.197. The fourth-order valence-electron chi connectivity index (χ4n) is 4.92. The Labute approximate surface area is 164 Å². The third-order valence-electron chi connectivity index (χ3n) is 6.55. The monoisotopic (exact) mass is 378 g/mol. The van der Waals surface area contributed by atoms with Crippen LogP contribution in [0.5, 0.6) is 0 Å². The largest absolute Gasteiger partial charge is 0.343 e. The highest BCUT2D eigenvalue weighted by Gasteiger charge is 2.34.